The van der Waals surface area contributed by atoms with Crippen molar-refractivity contribution in [1.82, 2.24) is 5.32 Å². The van der Waals surface area contributed by atoms with Gasteiger partial charge in [-0.25, -0.2) is 0 Å². The second-order valence-corrected chi connectivity index (χ2v) is 7.32. The van der Waals surface area contributed by atoms with Crippen molar-refractivity contribution in [2.75, 3.05) is 6.54 Å². The topological polar surface area (TPSA) is 29.1 Å². The fraction of sp³-hybridized carbons (Fsp3) is 0.562. The van der Waals surface area contributed by atoms with Crippen LogP contribution in [0.25, 0.3) is 0 Å². The normalized spacial score (nSPS) is 28.2. The van der Waals surface area contributed by atoms with E-state index in [2.05, 4.69) is 21.2 Å². The number of fused-ring (bicyclic) bond motifs is 1. The van der Waals surface area contributed by atoms with Crippen LogP contribution in [-0.2, 0) is 17.6 Å². The molecule has 2 aliphatic rings. The second kappa shape index (κ2) is 5.64. The Hall–Kier alpha value is -0.880. The Balaban J connectivity index is 1.66. The van der Waals surface area contributed by atoms with Gasteiger partial charge in [-0.3, -0.25) is 4.79 Å². The van der Waals surface area contributed by atoms with Gasteiger partial charge in [0, 0.05) is 22.4 Å². The van der Waals surface area contributed by atoms with Crippen LogP contribution < -0.4 is 5.32 Å². The summed E-state index contributed by atoms with van der Waals surface area (Å²) in [6.45, 7) is -1.02. The third-order valence-electron chi connectivity index (χ3n) is 4.81. The van der Waals surface area contributed by atoms with Gasteiger partial charge in [0.25, 0.3) is 0 Å². The van der Waals surface area contributed by atoms with Crippen LogP contribution in [0, 0.1) is 5.41 Å². The maximum absolute atomic E-state index is 12.6. The molecule has 0 aliphatic heterocycles. The van der Waals surface area contributed by atoms with E-state index in [1.54, 1.807) is 0 Å². The number of benzene rings is 1. The number of carbonyl (C=O) groups is 1. The molecule has 0 aromatic heterocycles. The number of halogens is 4. The minimum absolute atomic E-state index is 0.103. The molecule has 0 radical (unpaired) electrons. The Morgan fingerprint density at radius 2 is 2.00 bits per heavy atom. The highest BCUT2D eigenvalue weighted by Gasteiger charge is 2.46. The average Bonchev–Trinajstić information content (AvgIpc) is 2.78. The summed E-state index contributed by atoms with van der Waals surface area (Å²) in [5.41, 5.74) is 1.99. The maximum Gasteiger partial charge on any atom is 0.401 e. The van der Waals surface area contributed by atoms with Crippen molar-refractivity contribution in [3.05, 3.63) is 33.8 Å². The molecule has 0 saturated heterocycles. The first kappa shape index (κ1) is 16.0. The van der Waals surface area contributed by atoms with E-state index >= 15 is 0 Å². The van der Waals surface area contributed by atoms with Gasteiger partial charge in [0.05, 0.1) is 6.54 Å². The number of ketones is 1. The third kappa shape index (κ3) is 3.23. The molecule has 0 amide bonds. The van der Waals surface area contributed by atoms with Crippen LogP contribution >= 0.6 is 15.9 Å². The fourth-order valence-electron chi connectivity index (χ4n) is 3.66. The van der Waals surface area contributed by atoms with Crippen LogP contribution in [0.2, 0.25) is 0 Å². The van der Waals surface area contributed by atoms with Crippen LogP contribution in [0.3, 0.4) is 0 Å². The number of alkyl halides is 3. The molecule has 0 bridgehead atoms. The molecule has 1 aromatic carbocycles. The highest BCUT2D eigenvalue weighted by molar-refractivity contribution is 9.10. The van der Waals surface area contributed by atoms with Gasteiger partial charge in [-0.2, -0.15) is 13.2 Å². The fourth-order valence-corrected chi connectivity index (χ4v) is 4.07. The van der Waals surface area contributed by atoms with Crippen molar-refractivity contribution in [3.63, 3.8) is 0 Å². The van der Waals surface area contributed by atoms with E-state index < -0.39 is 12.7 Å². The van der Waals surface area contributed by atoms with Crippen LogP contribution in [0.4, 0.5) is 13.2 Å². The third-order valence-corrected chi connectivity index (χ3v) is 5.31. The first-order valence-corrected chi connectivity index (χ1v) is 8.17. The lowest BCUT2D eigenvalue weighted by atomic mass is 9.69. The minimum atomic E-state index is -4.23. The summed E-state index contributed by atoms with van der Waals surface area (Å²) in [6.07, 6.45) is -1.31. The van der Waals surface area contributed by atoms with Gasteiger partial charge in [-0.05, 0) is 48.9 Å². The molecule has 22 heavy (non-hydrogen) atoms. The van der Waals surface area contributed by atoms with E-state index in [4.69, 9.17) is 0 Å². The zero-order valence-corrected chi connectivity index (χ0v) is 13.6. The molecule has 6 heteroatoms. The maximum atomic E-state index is 12.6. The first-order chi connectivity index (χ1) is 10.3. The van der Waals surface area contributed by atoms with Gasteiger partial charge in [0.1, 0.15) is 5.78 Å². The van der Waals surface area contributed by atoms with E-state index in [9.17, 15) is 18.0 Å². The smallest absolute Gasteiger partial charge is 0.305 e. The van der Waals surface area contributed by atoms with Gasteiger partial charge in [-0.1, -0.05) is 22.0 Å². The zero-order valence-electron chi connectivity index (χ0n) is 12.0. The van der Waals surface area contributed by atoms with E-state index in [-0.39, 0.29) is 23.7 Å². The summed E-state index contributed by atoms with van der Waals surface area (Å²) < 4.78 is 37.8. The minimum Gasteiger partial charge on any atom is -0.305 e. The van der Waals surface area contributed by atoms with Crippen LogP contribution in [0.15, 0.2) is 22.7 Å². The summed E-state index contributed by atoms with van der Waals surface area (Å²) in [5.74, 6) is 0.103. The highest BCUT2D eigenvalue weighted by Crippen LogP contribution is 2.45. The largest absolute Gasteiger partial charge is 0.401 e. The molecule has 1 unspecified atom stereocenters. The van der Waals surface area contributed by atoms with Crippen molar-refractivity contribution in [2.45, 2.75) is 44.3 Å². The summed E-state index contributed by atoms with van der Waals surface area (Å²) in [6, 6.07) is 5.70. The van der Waals surface area contributed by atoms with Crippen molar-refractivity contribution in [2.24, 2.45) is 5.41 Å². The Labute approximate surface area is 135 Å². The van der Waals surface area contributed by atoms with Gasteiger partial charge in [0.2, 0.25) is 0 Å². The highest BCUT2D eigenvalue weighted by atomic mass is 79.9. The van der Waals surface area contributed by atoms with Gasteiger partial charge in [0.15, 0.2) is 0 Å². The van der Waals surface area contributed by atoms with E-state index in [0.29, 0.717) is 19.3 Å². The van der Waals surface area contributed by atoms with E-state index in [1.807, 2.05) is 18.2 Å². The number of Topliss-reactive ketones (excluding diaryl/α,β-unsaturated/α-hetero) is 1. The molecule has 2 atom stereocenters. The SMILES string of the molecule is O=C1C[C@H](NCC(F)(F)F)CCC12Cc1ccc(Br)cc1C2. The molecule has 1 spiro atoms. The molecular weight excluding hydrogens is 359 g/mol. The average molecular weight is 376 g/mol. The molecule has 1 fully saturated rings. The Morgan fingerprint density at radius 1 is 1.27 bits per heavy atom. The number of nitrogens with one attached hydrogen (secondary N) is 1. The summed E-state index contributed by atoms with van der Waals surface area (Å²) >= 11 is 3.44. The number of hydrogen-bond acceptors (Lipinski definition) is 2. The lowest BCUT2D eigenvalue weighted by Gasteiger charge is -2.36. The van der Waals surface area contributed by atoms with Gasteiger partial charge in [-0.15, -0.1) is 0 Å². The lowest BCUT2D eigenvalue weighted by molar-refractivity contribution is -0.136. The second-order valence-electron chi connectivity index (χ2n) is 6.41. The van der Waals surface area contributed by atoms with Crippen LogP contribution in [-0.4, -0.2) is 24.5 Å². The molecule has 120 valence electrons. The molecule has 2 aliphatic carbocycles. The summed E-state index contributed by atoms with van der Waals surface area (Å²) in [5, 5.41) is 2.48. The molecule has 0 heterocycles. The summed E-state index contributed by atoms with van der Waals surface area (Å²) in [7, 11) is 0. The molecular formula is C16H17BrF3NO. The Morgan fingerprint density at radius 3 is 2.68 bits per heavy atom. The number of carbonyl (C=O) groups excluding carboxylic acids is 1. The number of hydrogen-bond donors (Lipinski definition) is 1. The predicted molar refractivity (Wildman–Crippen MR) is 80.7 cm³/mol. The standard InChI is InChI=1S/C16H17BrF3NO/c17-12-2-1-10-7-15(8-11(10)5-12)4-3-13(6-14(15)22)21-9-16(18,19)20/h1-2,5,13,21H,3-4,6-9H2/t13-,15?/m1/s1. The van der Waals surface area contributed by atoms with Gasteiger partial charge >= 0.3 is 6.18 Å². The van der Waals surface area contributed by atoms with Crippen molar-refractivity contribution in [3.8, 4) is 0 Å². The molecule has 1 saturated carbocycles. The van der Waals surface area contributed by atoms with Crippen molar-refractivity contribution in [1.29, 1.82) is 0 Å². The lowest BCUT2D eigenvalue weighted by Crippen LogP contribution is -2.46. The first-order valence-electron chi connectivity index (χ1n) is 7.38. The quantitative estimate of drug-likeness (QED) is 0.851. The number of rotatable bonds is 2. The molecule has 1 N–H and O–H groups in total. The molecule has 1 aromatic rings. The van der Waals surface area contributed by atoms with E-state index in [0.717, 1.165) is 10.9 Å². The predicted octanol–water partition coefficient (Wildman–Crippen LogP) is 3.81. The zero-order chi connectivity index (χ0) is 16.0. The summed E-state index contributed by atoms with van der Waals surface area (Å²) in [4.78, 5) is 12.6. The monoisotopic (exact) mass is 375 g/mol. The van der Waals surface area contributed by atoms with Crippen LogP contribution in [0.5, 0.6) is 0 Å². The van der Waals surface area contributed by atoms with Crippen LogP contribution in [0.1, 0.15) is 30.4 Å². The van der Waals surface area contributed by atoms with E-state index in [1.165, 1.54) is 11.1 Å². The Bertz CT molecular complexity index is 602. The van der Waals surface area contributed by atoms with Crippen molar-refractivity contribution < 1.29 is 18.0 Å². The Kier molecular flexibility index (Phi) is 4.10. The molecule has 2 nitrogen and oxygen atoms in total. The van der Waals surface area contributed by atoms with Crippen molar-refractivity contribution >= 4 is 21.7 Å². The molecule has 3 rings (SSSR count). The van der Waals surface area contributed by atoms with Gasteiger partial charge < -0.3 is 5.32 Å².